The molecule has 0 saturated heterocycles. The molecule has 4 heteroatoms. The van der Waals surface area contributed by atoms with Gasteiger partial charge in [0.25, 0.3) is 0 Å². The van der Waals surface area contributed by atoms with E-state index in [1.807, 2.05) is 24.3 Å². The Labute approximate surface area is 97.5 Å². The van der Waals surface area contributed by atoms with Crippen molar-refractivity contribution in [3.63, 3.8) is 0 Å². The van der Waals surface area contributed by atoms with Gasteiger partial charge in [-0.1, -0.05) is 23.4 Å². The Morgan fingerprint density at radius 1 is 1.06 bits per heavy atom. The summed E-state index contributed by atoms with van der Waals surface area (Å²) in [5.74, 6) is 1.39. The second kappa shape index (κ2) is 3.59. The molecule has 0 bridgehead atoms. The lowest BCUT2D eigenvalue weighted by molar-refractivity contribution is 0.394. The third kappa shape index (κ3) is 1.73. The molecular weight excluding hydrogens is 216 g/mol. The first-order valence-electron chi connectivity index (χ1n) is 5.26. The van der Waals surface area contributed by atoms with E-state index in [0.717, 1.165) is 16.3 Å². The molecule has 17 heavy (non-hydrogen) atoms. The van der Waals surface area contributed by atoms with Gasteiger partial charge in [0, 0.05) is 12.5 Å². The zero-order valence-electron chi connectivity index (χ0n) is 9.21. The van der Waals surface area contributed by atoms with E-state index < -0.39 is 0 Å². The van der Waals surface area contributed by atoms with Crippen LogP contribution in [-0.2, 0) is 0 Å². The number of aromatic nitrogens is 2. The number of phenols is 1. The van der Waals surface area contributed by atoms with Crippen molar-refractivity contribution in [3.8, 4) is 17.1 Å². The lowest BCUT2D eigenvalue weighted by Crippen LogP contribution is -1.81. The average molecular weight is 226 g/mol. The maximum atomic E-state index is 9.38. The Morgan fingerprint density at radius 2 is 1.82 bits per heavy atom. The summed E-state index contributed by atoms with van der Waals surface area (Å²) in [5, 5.41) is 15.3. The highest BCUT2D eigenvalue weighted by Gasteiger charge is 2.06. The first-order valence-corrected chi connectivity index (χ1v) is 5.26. The molecule has 1 N–H and O–H groups in total. The molecule has 0 amide bonds. The van der Waals surface area contributed by atoms with E-state index in [0.29, 0.717) is 11.7 Å². The Balaban J connectivity index is 2.16. The summed E-state index contributed by atoms with van der Waals surface area (Å²) in [5.41, 5.74) is 0.903. The summed E-state index contributed by atoms with van der Waals surface area (Å²) in [4.78, 5) is 4.18. The lowest BCUT2D eigenvalue weighted by Gasteiger charge is -2.00. The van der Waals surface area contributed by atoms with Crippen LogP contribution < -0.4 is 0 Å². The lowest BCUT2D eigenvalue weighted by atomic mass is 10.1. The fourth-order valence-electron chi connectivity index (χ4n) is 1.79. The Hall–Kier alpha value is -2.36. The van der Waals surface area contributed by atoms with Crippen LogP contribution in [0.25, 0.3) is 22.2 Å². The highest BCUT2D eigenvalue weighted by Crippen LogP contribution is 2.25. The van der Waals surface area contributed by atoms with Crippen LogP contribution in [0, 0.1) is 6.92 Å². The van der Waals surface area contributed by atoms with Gasteiger partial charge < -0.3 is 9.63 Å². The third-order valence-corrected chi connectivity index (χ3v) is 2.61. The molecule has 0 radical (unpaired) electrons. The quantitative estimate of drug-likeness (QED) is 0.693. The van der Waals surface area contributed by atoms with Crippen molar-refractivity contribution in [1.29, 1.82) is 0 Å². The molecule has 4 nitrogen and oxygen atoms in total. The third-order valence-electron chi connectivity index (χ3n) is 2.61. The summed E-state index contributed by atoms with van der Waals surface area (Å²) < 4.78 is 4.95. The van der Waals surface area contributed by atoms with Gasteiger partial charge in [0.2, 0.25) is 11.7 Å². The van der Waals surface area contributed by atoms with Gasteiger partial charge in [-0.25, -0.2) is 0 Å². The zero-order chi connectivity index (χ0) is 11.8. The molecule has 0 unspecified atom stereocenters. The van der Waals surface area contributed by atoms with Gasteiger partial charge in [0.05, 0.1) is 0 Å². The molecule has 0 fully saturated rings. The van der Waals surface area contributed by atoms with Crippen LogP contribution in [0.2, 0.25) is 0 Å². The largest absolute Gasteiger partial charge is 0.508 e. The predicted molar refractivity (Wildman–Crippen MR) is 63.6 cm³/mol. The van der Waals surface area contributed by atoms with Crippen molar-refractivity contribution >= 4 is 10.8 Å². The molecule has 3 rings (SSSR count). The van der Waals surface area contributed by atoms with Gasteiger partial charge >= 0.3 is 0 Å². The molecule has 0 aliphatic heterocycles. The number of hydrogen-bond acceptors (Lipinski definition) is 4. The molecule has 0 saturated carbocycles. The molecule has 84 valence electrons. The van der Waals surface area contributed by atoms with E-state index in [-0.39, 0.29) is 5.75 Å². The van der Waals surface area contributed by atoms with Crippen LogP contribution in [0.4, 0.5) is 0 Å². The van der Waals surface area contributed by atoms with Crippen molar-refractivity contribution < 1.29 is 9.63 Å². The topological polar surface area (TPSA) is 59.2 Å². The van der Waals surface area contributed by atoms with E-state index in [4.69, 9.17) is 4.52 Å². The molecule has 0 spiro atoms. The van der Waals surface area contributed by atoms with Crippen LogP contribution in [0.3, 0.4) is 0 Å². The van der Waals surface area contributed by atoms with Gasteiger partial charge in [-0.15, -0.1) is 0 Å². The number of rotatable bonds is 1. The van der Waals surface area contributed by atoms with Crippen LogP contribution in [0.1, 0.15) is 5.89 Å². The van der Waals surface area contributed by atoms with Crippen LogP contribution >= 0.6 is 0 Å². The van der Waals surface area contributed by atoms with Gasteiger partial charge in [-0.05, 0) is 29.0 Å². The average Bonchev–Trinajstić information content (AvgIpc) is 2.75. The van der Waals surface area contributed by atoms with E-state index >= 15 is 0 Å². The number of benzene rings is 2. The summed E-state index contributed by atoms with van der Waals surface area (Å²) in [6, 6.07) is 11.1. The van der Waals surface area contributed by atoms with Gasteiger partial charge in [0.15, 0.2) is 0 Å². The summed E-state index contributed by atoms with van der Waals surface area (Å²) in [6.45, 7) is 1.76. The Morgan fingerprint density at radius 3 is 2.59 bits per heavy atom. The molecule has 1 heterocycles. The fourth-order valence-corrected chi connectivity index (χ4v) is 1.79. The Bertz CT molecular complexity index is 689. The van der Waals surface area contributed by atoms with Crippen molar-refractivity contribution in [1.82, 2.24) is 10.1 Å². The summed E-state index contributed by atoms with van der Waals surface area (Å²) in [7, 11) is 0. The van der Waals surface area contributed by atoms with E-state index in [1.54, 1.807) is 19.1 Å². The van der Waals surface area contributed by atoms with E-state index in [9.17, 15) is 5.11 Å². The van der Waals surface area contributed by atoms with Gasteiger partial charge in [-0.3, -0.25) is 0 Å². The first kappa shape index (κ1) is 9.84. The second-order valence-corrected chi connectivity index (χ2v) is 3.88. The number of aromatic hydroxyl groups is 1. The molecule has 3 aromatic rings. The summed E-state index contributed by atoms with van der Waals surface area (Å²) >= 11 is 0. The first-order chi connectivity index (χ1) is 8.22. The zero-order valence-corrected chi connectivity index (χ0v) is 9.21. The smallest absolute Gasteiger partial charge is 0.223 e. The van der Waals surface area contributed by atoms with Gasteiger partial charge in [0.1, 0.15) is 5.75 Å². The van der Waals surface area contributed by atoms with Crippen molar-refractivity contribution in [2.24, 2.45) is 0 Å². The van der Waals surface area contributed by atoms with Gasteiger partial charge in [-0.2, -0.15) is 4.98 Å². The molecule has 1 aromatic heterocycles. The van der Waals surface area contributed by atoms with Crippen molar-refractivity contribution in [2.45, 2.75) is 6.92 Å². The number of hydrogen-bond donors (Lipinski definition) is 1. The SMILES string of the molecule is Cc1nc(-c2ccc3cc(O)ccc3c2)no1. The predicted octanol–water partition coefficient (Wildman–Crippen LogP) is 2.90. The molecule has 0 atom stereocenters. The number of phenolic OH excluding ortho intramolecular Hbond substituents is 1. The highest BCUT2D eigenvalue weighted by atomic mass is 16.5. The van der Waals surface area contributed by atoms with Crippen LogP contribution in [-0.4, -0.2) is 15.2 Å². The Kier molecular flexibility index (Phi) is 2.08. The minimum Gasteiger partial charge on any atom is -0.508 e. The highest BCUT2D eigenvalue weighted by molar-refractivity contribution is 5.87. The fraction of sp³-hybridized carbons (Fsp3) is 0.0769. The monoisotopic (exact) mass is 226 g/mol. The van der Waals surface area contributed by atoms with Crippen LogP contribution in [0.5, 0.6) is 5.75 Å². The molecule has 0 aliphatic rings. The molecule has 2 aromatic carbocycles. The molecular formula is C13H10N2O2. The normalized spacial score (nSPS) is 10.9. The minimum absolute atomic E-state index is 0.264. The van der Waals surface area contributed by atoms with Crippen LogP contribution in [0.15, 0.2) is 40.9 Å². The second-order valence-electron chi connectivity index (χ2n) is 3.88. The maximum absolute atomic E-state index is 9.38. The van der Waals surface area contributed by atoms with E-state index in [1.165, 1.54) is 0 Å². The minimum atomic E-state index is 0.264. The van der Waals surface area contributed by atoms with Crippen molar-refractivity contribution in [2.75, 3.05) is 0 Å². The van der Waals surface area contributed by atoms with Crippen molar-refractivity contribution in [3.05, 3.63) is 42.3 Å². The number of aryl methyl sites for hydroxylation is 1. The molecule has 0 aliphatic carbocycles. The standard InChI is InChI=1S/C13H10N2O2/c1-8-14-13(15-17-8)11-3-2-10-7-12(16)5-4-9(10)6-11/h2-7,16H,1H3. The maximum Gasteiger partial charge on any atom is 0.223 e. The van der Waals surface area contributed by atoms with E-state index in [2.05, 4.69) is 10.1 Å². The number of fused-ring (bicyclic) bond motifs is 1. The summed E-state index contributed by atoms with van der Waals surface area (Å²) in [6.07, 6.45) is 0. The number of nitrogens with zero attached hydrogens (tertiary/aromatic N) is 2.